The summed E-state index contributed by atoms with van der Waals surface area (Å²) in [5.74, 6) is 1.43. The van der Waals surface area contributed by atoms with Crippen LogP contribution < -0.4 is 5.73 Å². The van der Waals surface area contributed by atoms with Crippen molar-refractivity contribution in [2.75, 3.05) is 6.54 Å². The van der Waals surface area contributed by atoms with Gasteiger partial charge in [0, 0.05) is 17.7 Å². The van der Waals surface area contributed by atoms with E-state index < -0.39 is 0 Å². The summed E-state index contributed by atoms with van der Waals surface area (Å²) < 4.78 is 0. The van der Waals surface area contributed by atoms with Crippen LogP contribution >= 0.6 is 0 Å². The molecule has 0 aliphatic heterocycles. The second-order valence-corrected chi connectivity index (χ2v) is 5.28. The third kappa shape index (κ3) is 3.42. The van der Waals surface area contributed by atoms with Crippen molar-refractivity contribution in [1.29, 1.82) is 0 Å². The Morgan fingerprint density at radius 2 is 1.85 bits per heavy atom. The van der Waals surface area contributed by atoms with Crippen LogP contribution in [0.25, 0.3) is 11.3 Å². The maximum absolute atomic E-state index is 5.59. The molecule has 1 heterocycles. The highest BCUT2D eigenvalue weighted by atomic mass is 14.9. The van der Waals surface area contributed by atoms with Crippen LogP contribution in [0.5, 0.6) is 0 Å². The Labute approximate surface area is 121 Å². The first-order chi connectivity index (χ1) is 9.63. The molecular formula is C17H23N3. The maximum atomic E-state index is 5.59. The molecule has 0 amide bonds. The Morgan fingerprint density at radius 1 is 1.15 bits per heavy atom. The van der Waals surface area contributed by atoms with Crippen LogP contribution in [0.15, 0.2) is 30.3 Å². The number of aromatic nitrogens is 2. The predicted molar refractivity (Wildman–Crippen MR) is 83.7 cm³/mol. The highest BCUT2D eigenvalue weighted by Gasteiger charge is 2.06. The maximum Gasteiger partial charge on any atom is 0.130 e. The Bertz CT molecular complexity index is 561. The van der Waals surface area contributed by atoms with Gasteiger partial charge in [-0.05, 0) is 37.4 Å². The van der Waals surface area contributed by atoms with Crippen LogP contribution in [0.4, 0.5) is 0 Å². The molecule has 0 aliphatic rings. The molecule has 1 aromatic carbocycles. The predicted octanol–water partition coefficient (Wildman–Crippen LogP) is 3.47. The Hall–Kier alpha value is -1.74. The van der Waals surface area contributed by atoms with E-state index in [4.69, 9.17) is 5.73 Å². The summed E-state index contributed by atoms with van der Waals surface area (Å²) in [7, 11) is 0. The van der Waals surface area contributed by atoms with E-state index in [1.807, 2.05) is 13.0 Å². The summed E-state index contributed by atoms with van der Waals surface area (Å²) in [5.41, 5.74) is 10.1. The molecule has 0 bridgehead atoms. The van der Waals surface area contributed by atoms with Gasteiger partial charge in [-0.25, -0.2) is 9.97 Å². The normalized spacial score (nSPS) is 12.4. The van der Waals surface area contributed by atoms with Gasteiger partial charge in [0.1, 0.15) is 5.82 Å². The fourth-order valence-corrected chi connectivity index (χ4v) is 2.24. The second kappa shape index (κ2) is 6.62. The number of hydrogen-bond donors (Lipinski definition) is 1. The molecule has 20 heavy (non-hydrogen) atoms. The molecule has 0 saturated heterocycles. The molecule has 0 spiro atoms. The molecule has 2 N–H and O–H groups in total. The first-order valence-corrected chi connectivity index (χ1v) is 7.29. The second-order valence-electron chi connectivity index (χ2n) is 5.28. The van der Waals surface area contributed by atoms with Gasteiger partial charge in [-0.2, -0.15) is 0 Å². The highest BCUT2D eigenvalue weighted by Crippen LogP contribution is 2.23. The molecule has 106 valence electrons. The van der Waals surface area contributed by atoms with Crippen LogP contribution in [0.1, 0.15) is 43.3 Å². The average Bonchev–Trinajstić information content (AvgIpc) is 2.46. The first-order valence-electron chi connectivity index (χ1n) is 7.29. The van der Waals surface area contributed by atoms with Crippen LogP contribution in [-0.2, 0) is 6.42 Å². The molecular weight excluding hydrogens is 246 g/mol. The van der Waals surface area contributed by atoms with E-state index in [0.717, 1.165) is 35.6 Å². The summed E-state index contributed by atoms with van der Waals surface area (Å²) in [6.45, 7) is 7.04. The minimum absolute atomic E-state index is 0.579. The van der Waals surface area contributed by atoms with Crippen LogP contribution in [0, 0.1) is 6.92 Å². The molecule has 0 fully saturated rings. The van der Waals surface area contributed by atoms with Gasteiger partial charge in [-0.15, -0.1) is 0 Å². The Balaban J connectivity index is 2.31. The van der Waals surface area contributed by atoms with Crippen molar-refractivity contribution in [3.05, 3.63) is 47.4 Å². The fourth-order valence-electron chi connectivity index (χ4n) is 2.24. The lowest BCUT2D eigenvalue weighted by molar-refractivity contribution is 0.734. The van der Waals surface area contributed by atoms with Gasteiger partial charge in [0.25, 0.3) is 0 Å². The molecule has 2 aromatic rings. The molecule has 0 saturated carbocycles. The van der Waals surface area contributed by atoms with E-state index in [0.29, 0.717) is 12.5 Å². The van der Waals surface area contributed by atoms with Gasteiger partial charge in [-0.3, -0.25) is 0 Å². The number of nitrogens with zero attached hydrogens (tertiary/aromatic N) is 2. The molecule has 3 nitrogen and oxygen atoms in total. The SMILES string of the molecule is CCC(C)c1ccc(-c2cc(C)nc(CCN)n2)cc1. The molecule has 1 unspecified atom stereocenters. The lowest BCUT2D eigenvalue weighted by Gasteiger charge is -2.10. The van der Waals surface area contributed by atoms with Crippen molar-refractivity contribution in [3.63, 3.8) is 0 Å². The smallest absolute Gasteiger partial charge is 0.130 e. The zero-order valence-electron chi connectivity index (χ0n) is 12.6. The molecule has 0 radical (unpaired) electrons. The summed E-state index contributed by atoms with van der Waals surface area (Å²) in [4.78, 5) is 9.01. The minimum atomic E-state index is 0.579. The number of nitrogens with two attached hydrogens (primary N) is 1. The number of benzene rings is 1. The quantitative estimate of drug-likeness (QED) is 0.904. The Kier molecular flexibility index (Phi) is 4.85. The van der Waals surface area contributed by atoms with Crippen molar-refractivity contribution in [2.45, 2.75) is 39.5 Å². The molecule has 2 rings (SSSR count). The number of aryl methyl sites for hydroxylation is 1. The fraction of sp³-hybridized carbons (Fsp3) is 0.412. The van der Waals surface area contributed by atoms with E-state index in [-0.39, 0.29) is 0 Å². The summed E-state index contributed by atoms with van der Waals surface area (Å²) in [6.07, 6.45) is 1.88. The van der Waals surface area contributed by atoms with Gasteiger partial charge in [0.05, 0.1) is 5.69 Å². The Morgan fingerprint density at radius 3 is 2.45 bits per heavy atom. The molecule has 3 heteroatoms. The molecule has 1 atom stereocenters. The highest BCUT2D eigenvalue weighted by molar-refractivity contribution is 5.59. The first kappa shape index (κ1) is 14.7. The van der Waals surface area contributed by atoms with Gasteiger partial charge in [0.2, 0.25) is 0 Å². The van der Waals surface area contributed by atoms with Gasteiger partial charge < -0.3 is 5.73 Å². The largest absolute Gasteiger partial charge is 0.330 e. The van der Waals surface area contributed by atoms with Gasteiger partial charge >= 0.3 is 0 Å². The van der Waals surface area contributed by atoms with E-state index in [9.17, 15) is 0 Å². The average molecular weight is 269 g/mol. The molecule has 1 aromatic heterocycles. The number of hydrogen-bond acceptors (Lipinski definition) is 3. The topological polar surface area (TPSA) is 51.8 Å². The van der Waals surface area contributed by atoms with Crippen molar-refractivity contribution >= 4 is 0 Å². The summed E-state index contributed by atoms with van der Waals surface area (Å²) in [6, 6.07) is 10.7. The zero-order chi connectivity index (χ0) is 14.5. The van der Waals surface area contributed by atoms with Crippen LogP contribution in [0.2, 0.25) is 0 Å². The lowest BCUT2D eigenvalue weighted by atomic mass is 9.97. The summed E-state index contributed by atoms with van der Waals surface area (Å²) in [5, 5.41) is 0. The van der Waals surface area contributed by atoms with E-state index in [1.165, 1.54) is 5.56 Å². The number of rotatable bonds is 5. The van der Waals surface area contributed by atoms with Crippen LogP contribution in [-0.4, -0.2) is 16.5 Å². The standard InChI is InChI=1S/C17H23N3/c1-4-12(2)14-5-7-15(8-6-14)16-11-13(3)19-17(20-16)9-10-18/h5-8,11-12H,4,9-10,18H2,1-3H3. The monoisotopic (exact) mass is 269 g/mol. The van der Waals surface area contributed by atoms with E-state index >= 15 is 0 Å². The van der Waals surface area contributed by atoms with Gasteiger partial charge in [0.15, 0.2) is 0 Å². The minimum Gasteiger partial charge on any atom is -0.330 e. The summed E-state index contributed by atoms with van der Waals surface area (Å²) >= 11 is 0. The van der Waals surface area contributed by atoms with Gasteiger partial charge in [-0.1, -0.05) is 38.1 Å². The van der Waals surface area contributed by atoms with Crippen LogP contribution in [0.3, 0.4) is 0 Å². The molecule has 0 aliphatic carbocycles. The third-order valence-electron chi connectivity index (χ3n) is 3.66. The van der Waals surface area contributed by atoms with Crippen molar-refractivity contribution in [1.82, 2.24) is 9.97 Å². The van der Waals surface area contributed by atoms with E-state index in [2.05, 4.69) is 48.1 Å². The van der Waals surface area contributed by atoms with Crippen molar-refractivity contribution < 1.29 is 0 Å². The van der Waals surface area contributed by atoms with Crippen molar-refractivity contribution in [3.8, 4) is 11.3 Å². The van der Waals surface area contributed by atoms with Crippen molar-refractivity contribution in [2.24, 2.45) is 5.73 Å². The lowest BCUT2D eigenvalue weighted by Crippen LogP contribution is -2.07. The zero-order valence-corrected chi connectivity index (χ0v) is 12.6. The third-order valence-corrected chi connectivity index (χ3v) is 3.66. The van der Waals surface area contributed by atoms with E-state index in [1.54, 1.807) is 0 Å².